The van der Waals surface area contributed by atoms with Gasteiger partial charge in [0.25, 0.3) is 0 Å². The van der Waals surface area contributed by atoms with Crippen LogP contribution in [0.4, 0.5) is 5.69 Å². The Labute approximate surface area is 171 Å². The van der Waals surface area contributed by atoms with Gasteiger partial charge in [-0.15, -0.1) is 0 Å². The van der Waals surface area contributed by atoms with Crippen molar-refractivity contribution in [2.45, 2.75) is 37.1 Å². The number of hydrogen-bond donors (Lipinski definition) is 1. The SMILES string of the molecule is C/C=C1\CN2CC[C@@]3(c4ccccc4N)c4c(cnn4-c4ccccc4)[C@H]1C[C@@H]23. The van der Waals surface area contributed by atoms with E-state index in [1.54, 1.807) is 0 Å². The van der Waals surface area contributed by atoms with Gasteiger partial charge in [-0.25, -0.2) is 4.68 Å². The van der Waals surface area contributed by atoms with E-state index in [0.717, 1.165) is 37.3 Å². The molecule has 2 bridgehead atoms. The minimum absolute atomic E-state index is 0.108. The van der Waals surface area contributed by atoms with Crippen molar-refractivity contribution in [1.82, 2.24) is 14.7 Å². The lowest BCUT2D eigenvalue weighted by Crippen LogP contribution is -2.52. The molecular weight excluding hydrogens is 356 g/mol. The summed E-state index contributed by atoms with van der Waals surface area (Å²) in [7, 11) is 0. The first-order chi connectivity index (χ1) is 14.2. The summed E-state index contributed by atoms with van der Waals surface area (Å²) in [5.41, 5.74) is 14.1. The minimum Gasteiger partial charge on any atom is -0.398 e. The van der Waals surface area contributed by atoms with Crippen molar-refractivity contribution in [3.63, 3.8) is 0 Å². The minimum atomic E-state index is -0.108. The first-order valence-electron chi connectivity index (χ1n) is 10.6. The molecule has 2 fully saturated rings. The number of anilines is 1. The lowest BCUT2D eigenvalue weighted by atomic mass is 9.60. The average Bonchev–Trinajstić information content (AvgIpc) is 3.37. The Bertz CT molecular complexity index is 1110. The normalized spacial score (nSPS) is 29.2. The van der Waals surface area contributed by atoms with Crippen molar-refractivity contribution in [3.05, 3.63) is 89.3 Å². The zero-order valence-corrected chi connectivity index (χ0v) is 16.8. The Hall–Kier alpha value is -2.85. The van der Waals surface area contributed by atoms with Crippen LogP contribution in [0.1, 0.15) is 42.5 Å². The molecule has 1 aliphatic carbocycles. The number of nitrogens with two attached hydrogens (primary N) is 1. The molecule has 4 heteroatoms. The van der Waals surface area contributed by atoms with Crippen LogP contribution >= 0.6 is 0 Å². The topological polar surface area (TPSA) is 47.1 Å². The van der Waals surface area contributed by atoms with E-state index in [4.69, 9.17) is 10.8 Å². The smallest absolute Gasteiger partial charge is 0.0649 e. The zero-order chi connectivity index (χ0) is 19.6. The fourth-order valence-electron chi connectivity index (χ4n) is 6.28. The summed E-state index contributed by atoms with van der Waals surface area (Å²) in [4.78, 5) is 2.68. The second kappa shape index (κ2) is 6.07. The quantitative estimate of drug-likeness (QED) is 0.532. The van der Waals surface area contributed by atoms with Crippen molar-refractivity contribution in [2.24, 2.45) is 0 Å². The number of hydrogen-bond acceptors (Lipinski definition) is 3. The first-order valence-corrected chi connectivity index (χ1v) is 10.6. The number of para-hydroxylation sites is 2. The molecule has 2 aliphatic heterocycles. The lowest BCUT2D eigenvalue weighted by molar-refractivity contribution is 0.171. The Kier molecular flexibility index (Phi) is 3.57. The Balaban J connectivity index is 1.69. The van der Waals surface area contributed by atoms with Crippen molar-refractivity contribution < 1.29 is 0 Å². The number of benzene rings is 2. The molecule has 0 spiro atoms. The maximum Gasteiger partial charge on any atom is 0.0649 e. The highest BCUT2D eigenvalue weighted by Crippen LogP contribution is 2.59. The number of piperidine rings is 1. The van der Waals surface area contributed by atoms with Gasteiger partial charge in [-0.2, -0.15) is 5.10 Å². The second-order valence-electron chi connectivity index (χ2n) is 8.64. The Morgan fingerprint density at radius 2 is 1.90 bits per heavy atom. The van der Waals surface area contributed by atoms with Crippen LogP contribution in [0.5, 0.6) is 0 Å². The maximum absolute atomic E-state index is 6.61. The van der Waals surface area contributed by atoms with E-state index in [-0.39, 0.29) is 5.41 Å². The van der Waals surface area contributed by atoms with Gasteiger partial charge < -0.3 is 5.73 Å². The van der Waals surface area contributed by atoms with E-state index in [0.29, 0.717) is 12.0 Å². The van der Waals surface area contributed by atoms with Crippen molar-refractivity contribution in [1.29, 1.82) is 0 Å². The summed E-state index contributed by atoms with van der Waals surface area (Å²) in [6, 6.07) is 19.5. The van der Waals surface area contributed by atoms with Gasteiger partial charge in [0.2, 0.25) is 0 Å². The average molecular weight is 383 g/mol. The summed E-state index contributed by atoms with van der Waals surface area (Å²) in [5.74, 6) is 0.463. The van der Waals surface area contributed by atoms with Crippen molar-refractivity contribution >= 4 is 5.69 Å². The fourth-order valence-corrected chi connectivity index (χ4v) is 6.28. The van der Waals surface area contributed by atoms with Crippen molar-refractivity contribution in [3.8, 4) is 5.69 Å². The number of rotatable bonds is 2. The summed E-state index contributed by atoms with van der Waals surface area (Å²) in [6.07, 6.45) is 6.69. The fraction of sp³-hybridized carbons (Fsp3) is 0.320. The lowest BCUT2D eigenvalue weighted by Gasteiger charge is -2.49. The molecule has 3 aromatic rings. The molecule has 3 atom stereocenters. The molecule has 29 heavy (non-hydrogen) atoms. The van der Waals surface area contributed by atoms with Gasteiger partial charge >= 0.3 is 0 Å². The molecule has 3 aliphatic rings. The summed E-state index contributed by atoms with van der Waals surface area (Å²) in [6.45, 7) is 4.35. The van der Waals surface area contributed by atoms with Crippen LogP contribution in [0.2, 0.25) is 0 Å². The van der Waals surface area contributed by atoms with Crippen LogP contribution in [0.3, 0.4) is 0 Å². The van der Waals surface area contributed by atoms with Crippen LogP contribution in [-0.4, -0.2) is 33.8 Å². The van der Waals surface area contributed by atoms with Crippen LogP contribution in [0, 0.1) is 0 Å². The van der Waals surface area contributed by atoms with Crippen LogP contribution in [0.25, 0.3) is 5.69 Å². The summed E-state index contributed by atoms with van der Waals surface area (Å²) >= 11 is 0. The summed E-state index contributed by atoms with van der Waals surface area (Å²) in [5, 5.41) is 4.94. The number of fused-ring (bicyclic) bond motifs is 4. The molecule has 2 N–H and O–H groups in total. The Morgan fingerprint density at radius 3 is 2.69 bits per heavy atom. The third-order valence-electron chi connectivity index (χ3n) is 7.50. The van der Waals surface area contributed by atoms with Crippen LogP contribution in [-0.2, 0) is 5.41 Å². The Morgan fingerprint density at radius 1 is 1.10 bits per heavy atom. The third-order valence-corrected chi connectivity index (χ3v) is 7.50. The number of allylic oxidation sites excluding steroid dienone is 1. The number of nitrogens with zero attached hydrogens (tertiary/aromatic N) is 3. The van der Waals surface area contributed by atoms with E-state index in [1.807, 2.05) is 6.07 Å². The van der Waals surface area contributed by atoms with Gasteiger partial charge in [-0.05, 0) is 43.5 Å². The predicted molar refractivity (Wildman–Crippen MR) is 116 cm³/mol. The molecular formula is C25H26N4. The third kappa shape index (κ3) is 2.15. The van der Waals surface area contributed by atoms with Gasteiger partial charge in [0.1, 0.15) is 0 Å². The first kappa shape index (κ1) is 17.0. The van der Waals surface area contributed by atoms with E-state index < -0.39 is 0 Å². The molecule has 2 aromatic carbocycles. The maximum atomic E-state index is 6.61. The monoisotopic (exact) mass is 382 g/mol. The molecule has 4 nitrogen and oxygen atoms in total. The van der Waals surface area contributed by atoms with E-state index in [2.05, 4.69) is 77.3 Å². The van der Waals surface area contributed by atoms with E-state index >= 15 is 0 Å². The highest BCUT2D eigenvalue weighted by Gasteiger charge is 2.59. The highest BCUT2D eigenvalue weighted by atomic mass is 15.3. The standard InChI is InChI=1S/C25H26N4/c1-2-17-16-28-13-12-25(21-10-6-7-11-22(21)26)23(28)14-19(17)20-15-27-29(24(20)25)18-8-4-3-5-9-18/h2-11,15,19,23H,12-14,16,26H2,1H3/b17-2+/t19-,23+,25-/m0/s1. The molecule has 6 rings (SSSR count). The number of aromatic nitrogens is 2. The molecule has 0 unspecified atom stereocenters. The molecule has 2 saturated heterocycles. The van der Waals surface area contributed by atoms with Gasteiger partial charge in [0.05, 0.1) is 23.0 Å². The molecule has 1 aromatic heterocycles. The number of nitrogen functional groups attached to an aromatic ring is 1. The molecule has 3 heterocycles. The van der Waals surface area contributed by atoms with E-state index in [9.17, 15) is 0 Å². The second-order valence-corrected chi connectivity index (χ2v) is 8.64. The largest absolute Gasteiger partial charge is 0.398 e. The molecule has 0 saturated carbocycles. The van der Waals surface area contributed by atoms with Crippen molar-refractivity contribution in [2.75, 3.05) is 18.8 Å². The molecule has 0 amide bonds. The molecule has 0 radical (unpaired) electrons. The van der Waals surface area contributed by atoms with Gasteiger partial charge in [-0.1, -0.05) is 48.0 Å². The van der Waals surface area contributed by atoms with E-state index in [1.165, 1.54) is 22.4 Å². The highest BCUT2D eigenvalue weighted by molar-refractivity contribution is 5.61. The van der Waals surface area contributed by atoms with Gasteiger partial charge in [0, 0.05) is 36.3 Å². The molecule has 146 valence electrons. The van der Waals surface area contributed by atoms with Gasteiger partial charge in [-0.3, -0.25) is 4.90 Å². The van der Waals surface area contributed by atoms with Crippen LogP contribution < -0.4 is 5.73 Å². The summed E-state index contributed by atoms with van der Waals surface area (Å²) < 4.78 is 2.20. The zero-order valence-electron chi connectivity index (χ0n) is 16.8. The van der Waals surface area contributed by atoms with Crippen LogP contribution in [0.15, 0.2) is 72.4 Å². The van der Waals surface area contributed by atoms with Gasteiger partial charge in [0.15, 0.2) is 0 Å². The predicted octanol–water partition coefficient (Wildman–Crippen LogP) is 4.26.